The van der Waals surface area contributed by atoms with Crippen molar-refractivity contribution in [3.63, 3.8) is 0 Å². The van der Waals surface area contributed by atoms with E-state index in [4.69, 9.17) is 0 Å². The predicted octanol–water partition coefficient (Wildman–Crippen LogP) is 2.89. The Kier molecular flexibility index (Phi) is 3.58. The first kappa shape index (κ1) is 13.0. The third kappa shape index (κ3) is 2.92. The molecule has 0 atom stereocenters. The van der Waals surface area contributed by atoms with Crippen LogP contribution in [0.2, 0.25) is 0 Å². The van der Waals surface area contributed by atoms with Gasteiger partial charge in [-0.05, 0) is 26.2 Å². The summed E-state index contributed by atoms with van der Waals surface area (Å²) in [5.41, 5.74) is 2.82. The zero-order valence-electron chi connectivity index (χ0n) is 11.4. The summed E-state index contributed by atoms with van der Waals surface area (Å²) in [6.07, 6.45) is 1.73. The molecular formula is C14H15N5S. The maximum Gasteiger partial charge on any atom is 0.188 e. The van der Waals surface area contributed by atoms with E-state index >= 15 is 0 Å². The van der Waals surface area contributed by atoms with Crippen molar-refractivity contribution in [2.75, 3.05) is 19.4 Å². The second-order valence-electron chi connectivity index (χ2n) is 4.75. The van der Waals surface area contributed by atoms with Crippen LogP contribution in [-0.4, -0.2) is 33.9 Å². The van der Waals surface area contributed by atoms with Crippen LogP contribution < -0.4 is 5.32 Å². The van der Waals surface area contributed by atoms with Gasteiger partial charge < -0.3 is 10.2 Å². The second-order valence-corrected chi connectivity index (χ2v) is 5.61. The molecule has 3 rings (SSSR count). The van der Waals surface area contributed by atoms with Crippen molar-refractivity contribution in [3.05, 3.63) is 41.5 Å². The van der Waals surface area contributed by atoms with Gasteiger partial charge >= 0.3 is 0 Å². The van der Waals surface area contributed by atoms with E-state index in [1.165, 1.54) is 0 Å². The Balaban J connectivity index is 1.80. The summed E-state index contributed by atoms with van der Waals surface area (Å²) >= 11 is 1.58. The number of anilines is 2. The highest BCUT2D eigenvalue weighted by molar-refractivity contribution is 7.13. The normalized spacial score (nSPS) is 11.2. The predicted molar refractivity (Wildman–Crippen MR) is 82.3 cm³/mol. The number of thiazole rings is 1. The largest absolute Gasteiger partial charge is 0.315 e. The van der Waals surface area contributed by atoms with Crippen LogP contribution in [0.15, 0.2) is 35.8 Å². The minimum atomic E-state index is 0.717. The highest BCUT2D eigenvalue weighted by Crippen LogP contribution is 2.21. The number of nitrogens with one attached hydrogen (secondary N) is 1. The van der Waals surface area contributed by atoms with Gasteiger partial charge in [-0.1, -0.05) is 12.1 Å². The summed E-state index contributed by atoms with van der Waals surface area (Å²) in [5.74, 6) is 0.717. The Morgan fingerprint density at radius 2 is 1.95 bits per heavy atom. The lowest BCUT2D eigenvalue weighted by atomic mass is 10.3. The van der Waals surface area contributed by atoms with Crippen molar-refractivity contribution in [2.45, 2.75) is 6.54 Å². The van der Waals surface area contributed by atoms with Gasteiger partial charge in [-0.25, -0.2) is 9.97 Å². The molecule has 6 heteroatoms. The smallest absolute Gasteiger partial charge is 0.188 e. The number of hydrogen-bond acceptors (Lipinski definition) is 6. The van der Waals surface area contributed by atoms with Crippen LogP contribution in [0.3, 0.4) is 0 Å². The van der Waals surface area contributed by atoms with E-state index in [1.54, 1.807) is 17.5 Å². The topological polar surface area (TPSA) is 53.9 Å². The fraction of sp³-hybridized carbons (Fsp3) is 0.214. The molecular weight excluding hydrogens is 270 g/mol. The van der Waals surface area contributed by atoms with Gasteiger partial charge in [-0.3, -0.25) is 4.98 Å². The number of hydrogen-bond donors (Lipinski definition) is 1. The van der Waals surface area contributed by atoms with Crippen LogP contribution in [0.25, 0.3) is 11.0 Å². The average Bonchev–Trinajstić information content (AvgIpc) is 2.85. The molecule has 0 unspecified atom stereocenters. The summed E-state index contributed by atoms with van der Waals surface area (Å²) < 4.78 is 0. The maximum atomic E-state index is 4.52. The second kappa shape index (κ2) is 5.52. The van der Waals surface area contributed by atoms with Crippen LogP contribution in [0.1, 0.15) is 5.69 Å². The lowest BCUT2D eigenvalue weighted by molar-refractivity contribution is 0.398. The van der Waals surface area contributed by atoms with Crippen LogP contribution in [-0.2, 0) is 6.54 Å². The van der Waals surface area contributed by atoms with Gasteiger partial charge in [-0.2, -0.15) is 0 Å². The van der Waals surface area contributed by atoms with Crippen molar-refractivity contribution in [3.8, 4) is 0 Å². The molecule has 0 aliphatic carbocycles. The van der Waals surface area contributed by atoms with E-state index in [9.17, 15) is 0 Å². The molecule has 2 heterocycles. The molecule has 0 radical (unpaired) electrons. The summed E-state index contributed by atoms with van der Waals surface area (Å²) in [6, 6.07) is 7.81. The molecule has 0 fully saturated rings. The number of benzene rings is 1. The van der Waals surface area contributed by atoms with Crippen molar-refractivity contribution in [1.29, 1.82) is 0 Å². The SMILES string of the molecule is CN(C)Cc1csc(Nc2cnc3ccccc3n2)n1. The Bertz CT molecular complexity index is 722. The van der Waals surface area contributed by atoms with Crippen molar-refractivity contribution in [2.24, 2.45) is 0 Å². The monoisotopic (exact) mass is 285 g/mol. The van der Waals surface area contributed by atoms with E-state index in [2.05, 4.69) is 30.5 Å². The van der Waals surface area contributed by atoms with Crippen LogP contribution in [0.5, 0.6) is 0 Å². The molecule has 0 aliphatic heterocycles. The van der Waals surface area contributed by atoms with E-state index in [1.807, 2.05) is 38.4 Å². The molecule has 3 aromatic rings. The number of nitrogens with zero attached hydrogens (tertiary/aromatic N) is 4. The van der Waals surface area contributed by atoms with Gasteiger partial charge in [-0.15, -0.1) is 11.3 Å². The fourth-order valence-corrected chi connectivity index (χ4v) is 2.60. The molecule has 0 amide bonds. The molecule has 102 valence electrons. The van der Waals surface area contributed by atoms with E-state index in [0.717, 1.165) is 34.2 Å². The van der Waals surface area contributed by atoms with Crippen LogP contribution in [0, 0.1) is 0 Å². The van der Waals surface area contributed by atoms with Gasteiger partial charge in [0.05, 0.1) is 22.9 Å². The third-order valence-electron chi connectivity index (χ3n) is 2.71. The summed E-state index contributed by atoms with van der Waals surface area (Å²) in [7, 11) is 4.06. The first-order valence-electron chi connectivity index (χ1n) is 6.28. The molecule has 2 aromatic heterocycles. The van der Waals surface area contributed by atoms with Crippen LogP contribution in [0.4, 0.5) is 10.9 Å². The Morgan fingerprint density at radius 1 is 1.15 bits per heavy atom. The number of para-hydroxylation sites is 2. The summed E-state index contributed by atoms with van der Waals surface area (Å²) in [4.78, 5) is 15.5. The fourth-order valence-electron chi connectivity index (χ4n) is 1.89. The number of fused-ring (bicyclic) bond motifs is 1. The molecule has 0 saturated carbocycles. The molecule has 20 heavy (non-hydrogen) atoms. The Hall–Kier alpha value is -2.05. The summed E-state index contributed by atoms with van der Waals surface area (Å²) in [5, 5.41) is 6.10. The first-order chi connectivity index (χ1) is 9.70. The van der Waals surface area contributed by atoms with Crippen molar-refractivity contribution < 1.29 is 0 Å². The van der Waals surface area contributed by atoms with Gasteiger partial charge in [0.15, 0.2) is 10.9 Å². The molecule has 0 spiro atoms. The van der Waals surface area contributed by atoms with Gasteiger partial charge in [0.1, 0.15) is 0 Å². The zero-order chi connectivity index (χ0) is 13.9. The summed E-state index contributed by atoms with van der Waals surface area (Å²) in [6.45, 7) is 0.835. The zero-order valence-corrected chi connectivity index (χ0v) is 12.2. The Labute approximate surface area is 121 Å². The van der Waals surface area contributed by atoms with Gasteiger partial charge in [0.2, 0.25) is 0 Å². The van der Waals surface area contributed by atoms with E-state index < -0.39 is 0 Å². The quantitative estimate of drug-likeness (QED) is 0.799. The number of rotatable bonds is 4. The van der Waals surface area contributed by atoms with E-state index in [-0.39, 0.29) is 0 Å². The minimum Gasteiger partial charge on any atom is -0.315 e. The van der Waals surface area contributed by atoms with E-state index in [0.29, 0.717) is 0 Å². The highest BCUT2D eigenvalue weighted by atomic mass is 32.1. The van der Waals surface area contributed by atoms with Crippen molar-refractivity contribution >= 4 is 33.3 Å². The molecule has 0 aliphatic rings. The molecule has 1 aromatic carbocycles. The molecule has 0 bridgehead atoms. The average molecular weight is 285 g/mol. The molecule has 0 saturated heterocycles. The maximum absolute atomic E-state index is 4.52. The standard InChI is InChI=1S/C14H15N5S/c1-19(2)8-10-9-20-14(16-10)18-13-7-15-11-5-3-4-6-12(11)17-13/h3-7,9H,8H2,1-2H3,(H,16,17,18). The van der Waals surface area contributed by atoms with Crippen molar-refractivity contribution in [1.82, 2.24) is 19.9 Å². The highest BCUT2D eigenvalue weighted by Gasteiger charge is 2.05. The Morgan fingerprint density at radius 3 is 2.75 bits per heavy atom. The van der Waals surface area contributed by atoms with Gasteiger partial charge in [0.25, 0.3) is 0 Å². The molecule has 1 N–H and O–H groups in total. The lowest BCUT2D eigenvalue weighted by Crippen LogP contribution is -2.10. The minimum absolute atomic E-state index is 0.717. The molecule has 5 nitrogen and oxygen atoms in total. The lowest BCUT2D eigenvalue weighted by Gasteiger charge is -2.05. The third-order valence-corrected chi connectivity index (χ3v) is 3.52. The van der Waals surface area contributed by atoms with Gasteiger partial charge in [0, 0.05) is 11.9 Å². The number of aromatic nitrogens is 3. The van der Waals surface area contributed by atoms with Crippen LogP contribution >= 0.6 is 11.3 Å². The first-order valence-corrected chi connectivity index (χ1v) is 7.16.